The third-order valence-electron chi connectivity index (χ3n) is 3.86. The average molecular weight is 369 g/mol. The van der Waals surface area contributed by atoms with Gasteiger partial charge in [-0.25, -0.2) is 4.68 Å². The quantitative estimate of drug-likeness (QED) is 0.678. The number of carbonyl (C=O) groups excluding carboxylic acids is 1. The zero-order valence-corrected chi connectivity index (χ0v) is 15.2. The second-order valence-corrected chi connectivity index (χ2v) is 5.56. The Balaban J connectivity index is 1.70. The average Bonchev–Trinajstić information content (AvgIpc) is 3.22. The Kier molecular flexibility index (Phi) is 5.50. The Bertz CT molecular complexity index is 885. The first-order valence-electron chi connectivity index (χ1n) is 8.06. The predicted molar refractivity (Wildman–Crippen MR) is 97.6 cm³/mol. The predicted octanol–water partition coefficient (Wildman–Crippen LogP) is 1.87. The summed E-state index contributed by atoms with van der Waals surface area (Å²) in [6, 6.07) is 10.8. The highest BCUT2D eigenvalue weighted by Crippen LogP contribution is 2.39. The van der Waals surface area contributed by atoms with Gasteiger partial charge in [0, 0.05) is 17.8 Å². The summed E-state index contributed by atoms with van der Waals surface area (Å²) in [5, 5.41) is 13.9. The van der Waals surface area contributed by atoms with Crippen LogP contribution in [0.1, 0.15) is 5.56 Å². The fourth-order valence-electron chi connectivity index (χ4n) is 2.59. The first kappa shape index (κ1) is 18.2. The van der Waals surface area contributed by atoms with E-state index in [0.29, 0.717) is 22.9 Å². The molecule has 0 saturated carbocycles. The van der Waals surface area contributed by atoms with Crippen molar-refractivity contribution in [2.24, 2.45) is 0 Å². The number of carbonyl (C=O) groups is 1. The molecular formula is C18H19N5O4. The van der Waals surface area contributed by atoms with E-state index in [0.717, 1.165) is 11.3 Å². The molecule has 0 radical (unpaired) electrons. The van der Waals surface area contributed by atoms with Crippen molar-refractivity contribution in [1.82, 2.24) is 20.2 Å². The number of hydrogen-bond donors (Lipinski definition) is 1. The SMILES string of the molecule is COc1cc(NC(=O)Cc2ccc(-n3cnnn3)cc2)cc(OC)c1OC. The molecule has 1 amide bonds. The Labute approximate surface area is 155 Å². The number of hydrogen-bond acceptors (Lipinski definition) is 7. The third-order valence-corrected chi connectivity index (χ3v) is 3.86. The van der Waals surface area contributed by atoms with Gasteiger partial charge in [0.15, 0.2) is 11.5 Å². The molecule has 2 aromatic carbocycles. The van der Waals surface area contributed by atoms with Gasteiger partial charge < -0.3 is 19.5 Å². The molecule has 0 unspecified atom stereocenters. The summed E-state index contributed by atoms with van der Waals surface area (Å²) in [5.41, 5.74) is 2.23. The van der Waals surface area contributed by atoms with Crippen LogP contribution in [-0.4, -0.2) is 47.4 Å². The first-order valence-corrected chi connectivity index (χ1v) is 8.06. The van der Waals surface area contributed by atoms with Crippen molar-refractivity contribution >= 4 is 11.6 Å². The summed E-state index contributed by atoms with van der Waals surface area (Å²) >= 11 is 0. The number of anilines is 1. The van der Waals surface area contributed by atoms with Gasteiger partial charge in [-0.05, 0) is 28.1 Å². The van der Waals surface area contributed by atoms with Crippen molar-refractivity contribution in [2.75, 3.05) is 26.6 Å². The van der Waals surface area contributed by atoms with Crippen LogP contribution in [0, 0.1) is 0 Å². The number of ether oxygens (including phenoxy) is 3. The van der Waals surface area contributed by atoms with Gasteiger partial charge in [0.25, 0.3) is 0 Å². The number of methoxy groups -OCH3 is 3. The lowest BCUT2D eigenvalue weighted by atomic mass is 10.1. The fraction of sp³-hybridized carbons (Fsp3) is 0.222. The highest BCUT2D eigenvalue weighted by molar-refractivity contribution is 5.93. The van der Waals surface area contributed by atoms with Crippen LogP contribution in [0.3, 0.4) is 0 Å². The minimum Gasteiger partial charge on any atom is -0.493 e. The van der Waals surface area contributed by atoms with Crippen molar-refractivity contribution in [3.8, 4) is 22.9 Å². The molecule has 3 aromatic rings. The standard InChI is InChI=1S/C18H19N5O4/c1-25-15-9-13(10-16(26-2)18(15)27-3)20-17(24)8-12-4-6-14(7-5-12)23-11-19-21-22-23/h4-7,9-11H,8H2,1-3H3,(H,20,24). The van der Waals surface area contributed by atoms with Crippen LogP contribution < -0.4 is 19.5 Å². The van der Waals surface area contributed by atoms with Crippen molar-refractivity contribution in [3.05, 3.63) is 48.3 Å². The molecule has 9 heteroatoms. The molecule has 0 bridgehead atoms. The van der Waals surface area contributed by atoms with Gasteiger partial charge in [0.2, 0.25) is 11.7 Å². The number of rotatable bonds is 7. The van der Waals surface area contributed by atoms with E-state index in [-0.39, 0.29) is 12.3 Å². The second kappa shape index (κ2) is 8.17. The minimum absolute atomic E-state index is 0.167. The van der Waals surface area contributed by atoms with Crippen LogP contribution in [0.25, 0.3) is 5.69 Å². The van der Waals surface area contributed by atoms with Crippen molar-refractivity contribution < 1.29 is 19.0 Å². The Morgan fingerprint density at radius 2 is 1.70 bits per heavy atom. The molecule has 9 nitrogen and oxygen atoms in total. The molecule has 27 heavy (non-hydrogen) atoms. The molecule has 0 spiro atoms. The third kappa shape index (κ3) is 4.14. The monoisotopic (exact) mass is 369 g/mol. The van der Waals surface area contributed by atoms with Gasteiger partial charge in [0.05, 0.1) is 33.4 Å². The lowest BCUT2D eigenvalue weighted by Crippen LogP contribution is -2.14. The number of nitrogens with one attached hydrogen (secondary N) is 1. The van der Waals surface area contributed by atoms with Crippen LogP contribution >= 0.6 is 0 Å². The molecule has 0 saturated heterocycles. The summed E-state index contributed by atoms with van der Waals surface area (Å²) < 4.78 is 17.4. The first-order chi connectivity index (χ1) is 13.1. The van der Waals surface area contributed by atoms with Gasteiger partial charge in [0.1, 0.15) is 6.33 Å². The van der Waals surface area contributed by atoms with Crippen LogP contribution in [0.4, 0.5) is 5.69 Å². The molecule has 0 fully saturated rings. The van der Waals surface area contributed by atoms with Gasteiger partial charge in [-0.3, -0.25) is 4.79 Å². The van der Waals surface area contributed by atoms with Crippen molar-refractivity contribution in [1.29, 1.82) is 0 Å². The molecule has 0 aliphatic rings. The number of nitrogens with zero attached hydrogens (tertiary/aromatic N) is 4. The molecular weight excluding hydrogens is 350 g/mol. The van der Waals surface area contributed by atoms with Crippen LogP contribution in [0.2, 0.25) is 0 Å². The summed E-state index contributed by atoms with van der Waals surface area (Å²) in [7, 11) is 4.57. The second-order valence-electron chi connectivity index (χ2n) is 5.56. The number of benzene rings is 2. The zero-order chi connectivity index (χ0) is 19.2. The molecule has 0 aliphatic carbocycles. The van der Waals surface area contributed by atoms with Gasteiger partial charge >= 0.3 is 0 Å². The van der Waals surface area contributed by atoms with Gasteiger partial charge in [-0.15, -0.1) is 5.10 Å². The highest BCUT2D eigenvalue weighted by atomic mass is 16.5. The van der Waals surface area contributed by atoms with Gasteiger partial charge in [-0.1, -0.05) is 12.1 Å². The minimum atomic E-state index is -0.167. The van der Waals surface area contributed by atoms with Crippen LogP contribution in [-0.2, 0) is 11.2 Å². The summed E-state index contributed by atoms with van der Waals surface area (Å²) in [6.07, 6.45) is 1.72. The molecule has 3 rings (SSSR count). The normalized spacial score (nSPS) is 10.3. The van der Waals surface area contributed by atoms with E-state index in [1.54, 1.807) is 16.8 Å². The molecule has 1 aromatic heterocycles. The maximum absolute atomic E-state index is 12.4. The lowest BCUT2D eigenvalue weighted by molar-refractivity contribution is -0.115. The van der Waals surface area contributed by atoms with E-state index < -0.39 is 0 Å². The molecule has 140 valence electrons. The summed E-state index contributed by atoms with van der Waals surface area (Å²) in [6.45, 7) is 0. The van der Waals surface area contributed by atoms with E-state index in [2.05, 4.69) is 20.8 Å². The van der Waals surface area contributed by atoms with Crippen molar-refractivity contribution in [3.63, 3.8) is 0 Å². The number of aromatic nitrogens is 4. The molecule has 1 N–H and O–H groups in total. The summed E-state index contributed by atoms with van der Waals surface area (Å²) in [5.74, 6) is 1.24. The Morgan fingerprint density at radius 3 is 2.22 bits per heavy atom. The maximum atomic E-state index is 12.4. The maximum Gasteiger partial charge on any atom is 0.228 e. The van der Waals surface area contributed by atoms with E-state index in [1.165, 1.54) is 27.7 Å². The van der Waals surface area contributed by atoms with E-state index in [4.69, 9.17) is 14.2 Å². The van der Waals surface area contributed by atoms with E-state index in [9.17, 15) is 4.79 Å². The topological polar surface area (TPSA) is 100 Å². The molecule has 1 heterocycles. The smallest absolute Gasteiger partial charge is 0.228 e. The van der Waals surface area contributed by atoms with Crippen molar-refractivity contribution in [2.45, 2.75) is 6.42 Å². The Hall–Kier alpha value is -3.62. The van der Waals surface area contributed by atoms with E-state index >= 15 is 0 Å². The number of amides is 1. The zero-order valence-electron chi connectivity index (χ0n) is 15.2. The lowest BCUT2D eigenvalue weighted by Gasteiger charge is -2.14. The van der Waals surface area contributed by atoms with E-state index in [1.807, 2.05) is 24.3 Å². The number of tetrazole rings is 1. The summed E-state index contributed by atoms with van der Waals surface area (Å²) in [4.78, 5) is 12.4. The van der Waals surface area contributed by atoms with Crippen LogP contribution in [0.5, 0.6) is 17.2 Å². The van der Waals surface area contributed by atoms with Crippen LogP contribution in [0.15, 0.2) is 42.7 Å². The fourth-order valence-corrected chi connectivity index (χ4v) is 2.59. The largest absolute Gasteiger partial charge is 0.493 e. The van der Waals surface area contributed by atoms with Gasteiger partial charge in [-0.2, -0.15) is 0 Å². The highest BCUT2D eigenvalue weighted by Gasteiger charge is 2.14. The molecule has 0 atom stereocenters. The Morgan fingerprint density at radius 1 is 1.04 bits per heavy atom. The molecule has 0 aliphatic heterocycles.